The second-order valence-corrected chi connectivity index (χ2v) is 9.16. The van der Waals surface area contributed by atoms with Gasteiger partial charge in [0.05, 0.1) is 4.90 Å². The quantitative estimate of drug-likeness (QED) is 0.426. The van der Waals surface area contributed by atoms with Crippen LogP contribution in [0, 0.1) is 13.8 Å². The van der Waals surface area contributed by atoms with Gasteiger partial charge in [-0.25, -0.2) is 8.42 Å². The number of benzene rings is 3. The molecule has 7 nitrogen and oxygen atoms in total. The van der Waals surface area contributed by atoms with E-state index in [1.54, 1.807) is 67.6 Å². The summed E-state index contributed by atoms with van der Waals surface area (Å²) in [5.41, 5.74) is 1.90. The zero-order valence-electron chi connectivity index (χ0n) is 17.5. The molecule has 0 spiro atoms. The van der Waals surface area contributed by atoms with Crippen LogP contribution in [0.3, 0.4) is 0 Å². The Morgan fingerprint density at radius 3 is 2.44 bits per heavy atom. The van der Waals surface area contributed by atoms with Crippen LogP contribution in [0.15, 0.2) is 82.5 Å². The molecule has 162 valence electrons. The standard InChI is InChI=1S/C24H21N3O4S/c1-15-6-5-8-19(12-15)27-32(30,31)22-14-18(11-10-16(22)2)25-24(29)21-13-17-7-3-4-9-20(17)23(28)26-21/h3-14,27H,1-2H3,(H,25,29)(H,26,28). The zero-order valence-corrected chi connectivity index (χ0v) is 18.3. The molecule has 8 heteroatoms. The highest BCUT2D eigenvalue weighted by Gasteiger charge is 2.19. The lowest BCUT2D eigenvalue weighted by molar-refractivity contribution is 0.102. The minimum atomic E-state index is -3.88. The molecule has 0 fully saturated rings. The van der Waals surface area contributed by atoms with Crippen LogP contribution in [-0.2, 0) is 10.0 Å². The second-order valence-electron chi connectivity index (χ2n) is 7.51. The number of pyridine rings is 1. The van der Waals surface area contributed by atoms with Crippen molar-refractivity contribution in [1.82, 2.24) is 4.98 Å². The number of fused-ring (bicyclic) bond motifs is 1. The Labute approximate surface area is 185 Å². The number of carbonyl (C=O) groups excluding carboxylic acids is 1. The summed E-state index contributed by atoms with van der Waals surface area (Å²) in [6.45, 7) is 3.55. The maximum Gasteiger partial charge on any atom is 0.272 e. The van der Waals surface area contributed by atoms with Gasteiger partial charge in [-0.1, -0.05) is 36.4 Å². The largest absolute Gasteiger partial charge is 0.321 e. The van der Waals surface area contributed by atoms with Gasteiger partial charge in [0.15, 0.2) is 0 Å². The van der Waals surface area contributed by atoms with Crippen LogP contribution in [0.25, 0.3) is 10.8 Å². The van der Waals surface area contributed by atoms with Crippen molar-refractivity contribution in [2.75, 3.05) is 10.0 Å². The maximum atomic E-state index is 13.0. The van der Waals surface area contributed by atoms with Crippen molar-refractivity contribution < 1.29 is 13.2 Å². The van der Waals surface area contributed by atoms with Gasteiger partial charge in [-0.2, -0.15) is 0 Å². The third kappa shape index (κ3) is 4.40. The topological polar surface area (TPSA) is 108 Å². The zero-order chi connectivity index (χ0) is 22.9. The van der Waals surface area contributed by atoms with Gasteiger partial charge >= 0.3 is 0 Å². The fourth-order valence-corrected chi connectivity index (χ4v) is 4.74. The minimum absolute atomic E-state index is 0.0452. The third-order valence-corrected chi connectivity index (χ3v) is 6.53. The highest BCUT2D eigenvalue weighted by Crippen LogP contribution is 2.24. The number of sulfonamides is 1. The van der Waals surface area contributed by atoms with Crippen molar-refractivity contribution in [3.63, 3.8) is 0 Å². The number of aromatic nitrogens is 1. The van der Waals surface area contributed by atoms with E-state index in [0.29, 0.717) is 27.7 Å². The van der Waals surface area contributed by atoms with E-state index in [0.717, 1.165) is 5.56 Å². The van der Waals surface area contributed by atoms with Crippen LogP contribution in [-0.4, -0.2) is 19.3 Å². The molecule has 0 aliphatic rings. The maximum absolute atomic E-state index is 13.0. The van der Waals surface area contributed by atoms with Gasteiger partial charge in [-0.3, -0.25) is 14.3 Å². The molecule has 4 rings (SSSR count). The smallest absolute Gasteiger partial charge is 0.272 e. The third-order valence-electron chi connectivity index (χ3n) is 5.00. The molecule has 3 aromatic carbocycles. The van der Waals surface area contributed by atoms with Gasteiger partial charge in [0, 0.05) is 16.8 Å². The minimum Gasteiger partial charge on any atom is -0.321 e. The average Bonchev–Trinajstić information content (AvgIpc) is 2.74. The monoisotopic (exact) mass is 447 g/mol. The summed E-state index contributed by atoms with van der Waals surface area (Å²) in [5, 5.41) is 3.78. The molecule has 0 atom stereocenters. The first kappa shape index (κ1) is 21.3. The fourth-order valence-electron chi connectivity index (χ4n) is 3.42. The molecule has 1 heterocycles. The molecular formula is C24H21N3O4S. The van der Waals surface area contributed by atoms with Crippen LogP contribution in [0.4, 0.5) is 11.4 Å². The number of amides is 1. The van der Waals surface area contributed by atoms with E-state index in [9.17, 15) is 18.0 Å². The molecule has 4 aromatic rings. The number of anilines is 2. The fraction of sp³-hybridized carbons (Fsp3) is 0.0833. The van der Waals surface area contributed by atoms with Gasteiger partial charge in [0.1, 0.15) is 5.69 Å². The highest BCUT2D eigenvalue weighted by molar-refractivity contribution is 7.92. The van der Waals surface area contributed by atoms with E-state index in [2.05, 4.69) is 15.0 Å². The van der Waals surface area contributed by atoms with E-state index in [4.69, 9.17) is 0 Å². The summed E-state index contributed by atoms with van der Waals surface area (Å²) in [4.78, 5) is 27.6. The molecule has 0 unspecified atom stereocenters. The number of nitrogens with one attached hydrogen (secondary N) is 3. The molecule has 0 radical (unpaired) electrons. The van der Waals surface area contributed by atoms with Crippen LogP contribution in [0.5, 0.6) is 0 Å². The van der Waals surface area contributed by atoms with Crippen molar-refractivity contribution in [3.05, 3.63) is 100.0 Å². The summed E-state index contributed by atoms with van der Waals surface area (Å²) in [5.74, 6) is -0.549. The molecule has 0 saturated heterocycles. The van der Waals surface area contributed by atoms with Crippen LogP contribution >= 0.6 is 0 Å². The van der Waals surface area contributed by atoms with E-state index in [1.807, 2.05) is 13.0 Å². The van der Waals surface area contributed by atoms with Crippen molar-refractivity contribution in [3.8, 4) is 0 Å². The number of carbonyl (C=O) groups is 1. The molecule has 32 heavy (non-hydrogen) atoms. The number of hydrogen-bond acceptors (Lipinski definition) is 4. The van der Waals surface area contributed by atoms with Gasteiger partial charge in [-0.15, -0.1) is 0 Å². The Morgan fingerprint density at radius 1 is 0.875 bits per heavy atom. The summed E-state index contributed by atoms with van der Waals surface area (Å²) in [7, 11) is -3.88. The Hall–Kier alpha value is -3.91. The van der Waals surface area contributed by atoms with Crippen LogP contribution in [0.1, 0.15) is 21.6 Å². The second kappa shape index (κ2) is 8.32. The van der Waals surface area contributed by atoms with Gasteiger partial charge < -0.3 is 10.3 Å². The van der Waals surface area contributed by atoms with E-state index in [-0.39, 0.29) is 16.1 Å². The summed E-state index contributed by atoms with van der Waals surface area (Å²) < 4.78 is 28.5. The van der Waals surface area contributed by atoms with Crippen molar-refractivity contribution in [1.29, 1.82) is 0 Å². The average molecular weight is 448 g/mol. The predicted molar refractivity (Wildman–Crippen MR) is 126 cm³/mol. The van der Waals surface area contributed by atoms with Gasteiger partial charge in [0.2, 0.25) is 0 Å². The highest BCUT2D eigenvalue weighted by atomic mass is 32.2. The van der Waals surface area contributed by atoms with E-state index in [1.165, 1.54) is 6.07 Å². The molecule has 0 aliphatic heterocycles. The van der Waals surface area contributed by atoms with Crippen LogP contribution < -0.4 is 15.6 Å². The molecule has 1 amide bonds. The predicted octanol–water partition coefficient (Wildman–Crippen LogP) is 4.20. The summed E-state index contributed by atoms with van der Waals surface area (Å²) in [6.07, 6.45) is 0. The number of H-pyrrole nitrogens is 1. The Balaban J connectivity index is 1.63. The first-order valence-electron chi connectivity index (χ1n) is 9.86. The number of aromatic amines is 1. The van der Waals surface area contributed by atoms with E-state index < -0.39 is 15.9 Å². The molecule has 1 aromatic heterocycles. The molecule has 0 aliphatic carbocycles. The Morgan fingerprint density at radius 2 is 1.66 bits per heavy atom. The SMILES string of the molecule is Cc1cccc(NS(=O)(=O)c2cc(NC(=O)c3cc4ccccc4c(=O)[nH]3)ccc2C)c1. The summed E-state index contributed by atoms with van der Waals surface area (Å²) in [6, 6.07) is 20.2. The van der Waals surface area contributed by atoms with Crippen LogP contribution in [0.2, 0.25) is 0 Å². The number of rotatable bonds is 5. The lowest BCUT2D eigenvalue weighted by Crippen LogP contribution is -2.19. The normalized spacial score (nSPS) is 11.3. The summed E-state index contributed by atoms with van der Waals surface area (Å²) >= 11 is 0. The Bertz CT molecular complexity index is 1510. The van der Waals surface area contributed by atoms with Crippen molar-refractivity contribution >= 4 is 38.1 Å². The molecule has 3 N–H and O–H groups in total. The lowest BCUT2D eigenvalue weighted by Gasteiger charge is -2.13. The first-order chi connectivity index (χ1) is 15.2. The molecule has 0 saturated carbocycles. The van der Waals surface area contributed by atoms with E-state index >= 15 is 0 Å². The Kier molecular flexibility index (Phi) is 5.54. The molecular weight excluding hydrogens is 426 g/mol. The lowest BCUT2D eigenvalue weighted by atomic mass is 10.1. The van der Waals surface area contributed by atoms with Gasteiger partial charge in [0.25, 0.3) is 21.5 Å². The van der Waals surface area contributed by atoms with Gasteiger partial charge in [-0.05, 0) is 66.8 Å². The van der Waals surface area contributed by atoms with Crippen molar-refractivity contribution in [2.45, 2.75) is 18.7 Å². The first-order valence-corrected chi connectivity index (χ1v) is 11.3. The van der Waals surface area contributed by atoms with Crippen molar-refractivity contribution in [2.24, 2.45) is 0 Å². The number of aryl methyl sites for hydroxylation is 2. The molecule has 0 bridgehead atoms. The number of hydrogen-bond donors (Lipinski definition) is 3.